The number of rotatable bonds is 7. The maximum atomic E-state index is 14.1. The highest BCUT2D eigenvalue weighted by molar-refractivity contribution is 5.91. The molecule has 0 fully saturated rings. The third-order valence-corrected chi connectivity index (χ3v) is 5.91. The van der Waals surface area contributed by atoms with Gasteiger partial charge in [0.1, 0.15) is 17.4 Å². The molecule has 182 valence electrons. The predicted molar refractivity (Wildman–Crippen MR) is 130 cm³/mol. The molecule has 0 aliphatic carbocycles. The van der Waals surface area contributed by atoms with E-state index in [1.165, 1.54) is 36.4 Å². The standard InChI is InChI=1S/C28H28F2N2O3/c1-18(2)14-27(34)32-13-12-19-6-11-24(16-25(19)28(32)20-4-3-5-22(30)15-20)35-17-26(33)31-23-9-7-21(29)8-10-23/h3-11,15-16,18,28H,12-14,17H2,1-2H3,(H,31,33)/t28-/m1/s1. The molecule has 1 aliphatic rings. The molecule has 2 amide bonds. The molecule has 1 atom stereocenters. The Hall–Kier alpha value is -3.74. The van der Waals surface area contributed by atoms with Gasteiger partial charge < -0.3 is 15.0 Å². The lowest BCUT2D eigenvalue weighted by Crippen LogP contribution is -2.41. The van der Waals surface area contributed by atoms with Crippen LogP contribution in [0.4, 0.5) is 14.5 Å². The molecule has 0 unspecified atom stereocenters. The molecule has 0 aromatic heterocycles. The van der Waals surface area contributed by atoms with Gasteiger partial charge in [-0.25, -0.2) is 8.78 Å². The summed E-state index contributed by atoms with van der Waals surface area (Å²) in [4.78, 5) is 27.2. The minimum atomic E-state index is -0.447. The van der Waals surface area contributed by atoms with Crippen LogP contribution in [-0.4, -0.2) is 29.9 Å². The van der Waals surface area contributed by atoms with Crippen LogP contribution in [-0.2, 0) is 16.0 Å². The first-order chi connectivity index (χ1) is 16.8. The van der Waals surface area contributed by atoms with E-state index in [1.54, 1.807) is 12.1 Å². The number of benzene rings is 3. The molecule has 0 spiro atoms. The highest BCUT2D eigenvalue weighted by atomic mass is 19.1. The van der Waals surface area contributed by atoms with E-state index < -0.39 is 6.04 Å². The highest BCUT2D eigenvalue weighted by Gasteiger charge is 2.32. The summed E-state index contributed by atoms with van der Waals surface area (Å²) in [6.07, 6.45) is 1.08. The van der Waals surface area contributed by atoms with Crippen molar-refractivity contribution in [2.75, 3.05) is 18.5 Å². The van der Waals surface area contributed by atoms with Crippen LogP contribution in [0.25, 0.3) is 0 Å². The average Bonchev–Trinajstić information content (AvgIpc) is 2.83. The topological polar surface area (TPSA) is 58.6 Å². The number of amides is 2. The zero-order valence-electron chi connectivity index (χ0n) is 19.8. The van der Waals surface area contributed by atoms with Gasteiger partial charge in [-0.2, -0.15) is 0 Å². The molecule has 5 nitrogen and oxygen atoms in total. The molecule has 0 saturated heterocycles. The van der Waals surface area contributed by atoms with Gasteiger partial charge in [-0.3, -0.25) is 9.59 Å². The van der Waals surface area contributed by atoms with Crippen molar-refractivity contribution in [1.29, 1.82) is 0 Å². The molecule has 0 saturated carbocycles. The van der Waals surface area contributed by atoms with Crippen molar-refractivity contribution in [1.82, 2.24) is 4.90 Å². The van der Waals surface area contributed by atoms with Gasteiger partial charge in [-0.05, 0) is 77.6 Å². The Bertz CT molecular complexity index is 1210. The SMILES string of the molecule is CC(C)CC(=O)N1CCc2ccc(OCC(=O)Nc3ccc(F)cc3)cc2[C@H]1c1cccc(F)c1. The largest absolute Gasteiger partial charge is 0.484 e. The minimum absolute atomic E-state index is 0.0184. The number of fused-ring (bicyclic) bond motifs is 1. The molecule has 3 aromatic carbocycles. The van der Waals surface area contributed by atoms with Crippen molar-refractivity contribution >= 4 is 17.5 Å². The first-order valence-corrected chi connectivity index (χ1v) is 11.7. The second-order valence-electron chi connectivity index (χ2n) is 9.10. The number of carbonyl (C=O) groups is 2. The maximum absolute atomic E-state index is 14.1. The van der Waals surface area contributed by atoms with E-state index in [9.17, 15) is 18.4 Å². The van der Waals surface area contributed by atoms with Crippen molar-refractivity contribution in [2.45, 2.75) is 32.7 Å². The molecule has 4 rings (SSSR count). The van der Waals surface area contributed by atoms with Crippen LogP contribution >= 0.6 is 0 Å². The number of anilines is 1. The van der Waals surface area contributed by atoms with E-state index in [0.29, 0.717) is 36.4 Å². The minimum Gasteiger partial charge on any atom is -0.484 e. The molecule has 1 heterocycles. The fourth-order valence-corrected chi connectivity index (χ4v) is 4.33. The summed E-state index contributed by atoms with van der Waals surface area (Å²) in [5, 5.41) is 2.66. The van der Waals surface area contributed by atoms with Gasteiger partial charge in [-0.15, -0.1) is 0 Å². The summed E-state index contributed by atoms with van der Waals surface area (Å²) in [5.41, 5.74) is 3.07. The summed E-state index contributed by atoms with van der Waals surface area (Å²) in [7, 11) is 0. The summed E-state index contributed by atoms with van der Waals surface area (Å²) in [6.45, 7) is 4.29. The fraction of sp³-hybridized carbons (Fsp3) is 0.286. The Morgan fingerprint density at radius 1 is 1.03 bits per heavy atom. The van der Waals surface area contributed by atoms with Gasteiger partial charge in [0.15, 0.2) is 6.61 Å². The summed E-state index contributed by atoms with van der Waals surface area (Å²) in [6, 6.07) is 16.9. The number of hydrogen-bond donors (Lipinski definition) is 1. The lowest BCUT2D eigenvalue weighted by atomic mass is 9.87. The van der Waals surface area contributed by atoms with Gasteiger partial charge in [0.05, 0.1) is 6.04 Å². The second-order valence-corrected chi connectivity index (χ2v) is 9.10. The van der Waals surface area contributed by atoms with Crippen LogP contribution in [0.1, 0.15) is 43.0 Å². The maximum Gasteiger partial charge on any atom is 0.262 e. The molecule has 1 N–H and O–H groups in total. The number of hydrogen-bond acceptors (Lipinski definition) is 3. The van der Waals surface area contributed by atoms with E-state index in [4.69, 9.17) is 4.74 Å². The number of carbonyl (C=O) groups excluding carboxylic acids is 2. The van der Waals surface area contributed by atoms with Gasteiger partial charge in [0.25, 0.3) is 5.91 Å². The van der Waals surface area contributed by atoms with Crippen LogP contribution in [0.15, 0.2) is 66.7 Å². The predicted octanol–water partition coefficient (Wildman–Crippen LogP) is 5.50. The van der Waals surface area contributed by atoms with Crippen LogP contribution in [0, 0.1) is 17.6 Å². The lowest BCUT2D eigenvalue weighted by Gasteiger charge is -2.38. The average molecular weight is 479 g/mol. The molecular weight excluding hydrogens is 450 g/mol. The van der Waals surface area contributed by atoms with Gasteiger partial charge in [-0.1, -0.05) is 32.0 Å². The number of nitrogens with one attached hydrogen (secondary N) is 1. The van der Waals surface area contributed by atoms with Crippen LogP contribution < -0.4 is 10.1 Å². The normalized spacial score (nSPS) is 15.0. The first kappa shape index (κ1) is 24.4. The zero-order valence-corrected chi connectivity index (χ0v) is 19.8. The van der Waals surface area contributed by atoms with E-state index in [0.717, 1.165) is 11.1 Å². The third-order valence-electron chi connectivity index (χ3n) is 5.91. The third kappa shape index (κ3) is 6.04. The molecule has 0 radical (unpaired) electrons. The van der Waals surface area contributed by atoms with Crippen molar-refractivity contribution in [3.05, 3.63) is 95.1 Å². The molecular formula is C28H28F2N2O3. The molecule has 3 aromatic rings. The molecule has 35 heavy (non-hydrogen) atoms. The number of nitrogens with zero attached hydrogens (tertiary/aromatic N) is 1. The van der Waals surface area contributed by atoms with Gasteiger partial charge >= 0.3 is 0 Å². The molecule has 0 bridgehead atoms. The van der Waals surface area contributed by atoms with Gasteiger partial charge in [0, 0.05) is 18.7 Å². The Balaban J connectivity index is 1.57. The lowest BCUT2D eigenvalue weighted by molar-refractivity contribution is -0.134. The van der Waals surface area contributed by atoms with Crippen molar-refractivity contribution in [3.63, 3.8) is 0 Å². The number of halogens is 2. The number of ether oxygens (including phenoxy) is 1. The van der Waals surface area contributed by atoms with Crippen molar-refractivity contribution < 1.29 is 23.1 Å². The second kappa shape index (κ2) is 10.7. The Kier molecular flexibility index (Phi) is 7.44. The van der Waals surface area contributed by atoms with Crippen LogP contribution in [0.3, 0.4) is 0 Å². The molecule has 7 heteroatoms. The Morgan fingerprint density at radius 2 is 1.80 bits per heavy atom. The fourth-order valence-electron chi connectivity index (χ4n) is 4.33. The Morgan fingerprint density at radius 3 is 2.51 bits per heavy atom. The monoisotopic (exact) mass is 478 g/mol. The van der Waals surface area contributed by atoms with Crippen molar-refractivity contribution in [2.24, 2.45) is 5.92 Å². The van der Waals surface area contributed by atoms with Crippen molar-refractivity contribution in [3.8, 4) is 5.75 Å². The summed E-state index contributed by atoms with van der Waals surface area (Å²) in [5.74, 6) is -0.448. The first-order valence-electron chi connectivity index (χ1n) is 11.7. The van der Waals surface area contributed by atoms with E-state index in [1.807, 2.05) is 36.9 Å². The Labute approximate surface area is 203 Å². The summed E-state index contributed by atoms with van der Waals surface area (Å²) < 4.78 is 32.9. The highest BCUT2D eigenvalue weighted by Crippen LogP contribution is 2.38. The zero-order chi connectivity index (χ0) is 24.9. The quantitative estimate of drug-likeness (QED) is 0.488. The van der Waals surface area contributed by atoms with E-state index >= 15 is 0 Å². The smallest absolute Gasteiger partial charge is 0.262 e. The van der Waals surface area contributed by atoms with Gasteiger partial charge in [0.2, 0.25) is 5.91 Å². The summed E-state index contributed by atoms with van der Waals surface area (Å²) >= 11 is 0. The van der Waals surface area contributed by atoms with Crippen LogP contribution in [0.2, 0.25) is 0 Å². The van der Waals surface area contributed by atoms with Crippen LogP contribution in [0.5, 0.6) is 5.75 Å². The van der Waals surface area contributed by atoms with E-state index in [2.05, 4.69) is 5.32 Å². The molecule has 1 aliphatic heterocycles. The van der Waals surface area contributed by atoms with E-state index in [-0.39, 0.29) is 36.0 Å².